The lowest BCUT2D eigenvalue weighted by molar-refractivity contribution is -0.0329. The van der Waals surface area contributed by atoms with E-state index in [1.165, 1.54) is 6.92 Å². The van der Waals surface area contributed by atoms with Gasteiger partial charge in [0.1, 0.15) is 0 Å². The predicted molar refractivity (Wildman–Crippen MR) is 66.0 cm³/mol. The van der Waals surface area contributed by atoms with Crippen LogP contribution < -0.4 is 0 Å². The molecule has 0 N–H and O–H groups in total. The summed E-state index contributed by atoms with van der Waals surface area (Å²) in [5.74, 6) is -0.468. The van der Waals surface area contributed by atoms with E-state index < -0.39 is 44.8 Å². The zero-order chi connectivity index (χ0) is 14.8. The van der Waals surface area contributed by atoms with Crippen molar-refractivity contribution < 1.29 is 26.7 Å². The number of carbonyl (C=O) groups excluding carboxylic acids is 1. The van der Waals surface area contributed by atoms with Gasteiger partial charge in [0.15, 0.2) is 5.78 Å². The van der Waals surface area contributed by atoms with E-state index in [2.05, 4.69) is 15.9 Å². The maximum atomic E-state index is 12.6. The van der Waals surface area contributed by atoms with Gasteiger partial charge >= 0.3 is 5.51 Å². The van der Waals surface area contributed by atoms with E-state index in [1.807, 2.05) is 0 Å². The van der Waals surface area contributed by atoms with Crippen LogP contribution in [0.1, 0.15) is 29.3 Å². The predicted octanol–water partition coefficient (Wildman–Crippen LogP) is 5.20. The number of rotatable bonds is 4. The van der Waals surface area contributed by atoms with Crippen LogP contribution in [0.2, 0.25) is 0 Å². The van der Waals surface area contributed by atoms with E-state index in [9.17, 15) is 26.7 Å². The minimum absolute atomic E-state index is 0.0412. The van der Waals surface area contributed by atoms with Gasteiger partial charge in [-0.05, 0) is 24.8 Å². The molecule has 0 fully saturated rings. The molecule has 0 aliphatic carbocycles. The number of hydrogen-bond donors (Lipinski definition) is 0. The number of alkyl halides is 6. The molecule has 0 saturated heterocycles. The van der Waals surface area contributed by atoms with E-state index in [0.29, 0.717) is 0 Å². The first-order valence-electron chi connectivity index (χ1n) is 4.98. The molecule has 0 aliphatic heterocycles. The molecule has 0 aromatic heterocycles. The largest absolute Gasteiger partial charge is 0.446 e. The summed E-state index contributed by atoms with van der Waals surface area (Å²) < 4.78 is 62.1. The van der Waals surface area contributed by atoms with Crippen LogP contribution >= 0.6 is 27.7 Å². The van der Waals surface area contributed by atoms with Crippen molar-refractivity contribution in [3.8, 4) is 0 Å². The molecule has 19 heavy (non-hydrogen) atoms. The van der Waals surface area contributed by atoms with Crippen molar-refractivity contribution in [2.75, 3.05) is 0 Å². The SMILES string of the molecule is CC(Br)C(=O)c1ccc(C(F)F)c(SC(F)(F)F)c1. The zero-order valence-electron chi connectivity index (χ0n) is 9.47. The molecule has 0 spiro atoms. The number of benzene rings is 1. The van der Waals surface area contributed by atoms with Gasteiger partial charge in [-0.25, -0.2) is 8.78 Å². The highest BCUT2D eigenvalue weighted by atomic mass is 79.9. The minimum Gasteiger partial charge on any atom is -0.293 e. The van der Waals surface area contributed by atoms with Crippen LogP contribution in [0.15, 0.2) is 23.1 Å². The van der Waals surface area contributed by atoms with Gasteiger partial charge in [0.25, 0.3) is 6.43 Å². The first-order chi connectivity index (χ1) is 8.61. The molecule has 1 unspecified atom stereocenters. The Kier molecular flexibility index (Phi) is 5.37. The second kappa shape index (κ2) is 6.21. The summed E-state index contributed by atoms with van der Waals surface area (Å²) in [4.78, 5) is 10.4. The molecular weight excluding hydrogens is 355 g/mol. The van der Waals surface area contributed by atoms with Crippen LogP contribution in [0.3, 0.4) is 0 Å². The van der Waals surface area contributed by atoms with Crippen LogP contribution in [0.4, 0.5) is 22.0 Å². The fourth-order valence-electron chi connectivity index (χ4n) is 1.31. The molecule has 1 aromatic rings. The summed E-state index contributed by atoms with van der Waals surface area (Å²) in [7, 11) is 0. The Balaban J connectivity index is 3.22. The maximum Gasteiger partial charge on any atom is 0.446 e. The molecule has 1 atom stereocenters. The van der Waals surface area contributed by atoms with Crippen molar-refractivity contribution in [1.29, 1.82) is 0 Å². The van der Waals surface area contributed by atoms with Crippen LogP contribution in [0.5, 0.6) is 0 Å². The third kappa shape index (κ3) is 4.76. The highest BCUT2D eigenvalue weighted by Crippen LogP contribution is 2.41. The normalized spacial score (nSPS) is 13.7. The van der Waals surface area contributed by atoms with Crippen LogP contribution in [0, 0.1) is 0 Å². The van der Waals surface area contributed by atoms with Crippen molar-refractivity contribution >= 4 is 33.5 Å². The van der Waals surface area contributed by atoms with Gasteiger partial charge in [0.05, 0.1) is 4.83 Å². The highest BCUT2D eigenvalue weighted by molar-refractivity contribution is 9.10. The van der Waals surface area contributed by atoms with Gasteiger partial charge < -0.3 is 0 Å². The Labute approximate surface area is 118 Å². The summed E-state index contributed by atoms with van der Waals surface area (Å²) >= 11 is 2.33. The van der Waals surface area contributed by atoms with Gasteiger partial charge in [-0.3, -0.25) is 4.79 Å². The van der Waals surface area contributed by atoms with Gasteiger partial charge in [-0.15, -0.1) is 0 Å². The monoisotopic (exact) mass is 362 g/mol. The molecule has 1 aromatic carbocycles. The Hall–Kier alpha value is -0.630. The lowest BCUT2D eigenvalue weighted by Crippen LogP contribution is -2.11. The zero-order valence-corrected chi connectivity index (χ0v) is 11.9. The number of carbonyl (C=O) groups is 1. The van der Waals surface area contributed by atoms with E-state index in [-0.39, 0.29) is 5.56 Å². The average molecular weight is 363 g/mol. The average Bonchev–Trinajstić information content (AvgIpc) is 2.25. The first kappa shape index (κ1) is 16.4. The second-order valence-corrected chi connectivity index (χ2v) is 6.06. The lowest BCUT2D eigenvalue weighted by Gasteiger charge is -2.12. The third-order valence-corrected chi connectivity index (χ3v) is 3.34. The molecule has 1 rings (SSSR count). The smallest absolute Gasteiger partial charge is 0.293 e. The molecule has 0 bridgehead atoms. The highest BCUT2D eigenvalue weighted by Gasteiger charge is 2.32. The number of ketones is 1. The molecule has 1 nitrogen and oxygen atoms in total. The van der Waals surface area contributed by atoms with E-state index in [0.717, 1.165) is 18.2 Å². The Morgan fingerprint density at radius 2 is 1.89 bits per heavy atom. The van der Waals surface area contributed by atoms with Gasteiger partial charge in [-0.1, -0.05) is 28.1 Å². The van der Waals surface area contributed by atoms with Crippen LogP contribution in [-0.2, 0) is 0 Å². The molecule has 0 radical (unpaired) electrons. The number of halogens is 6. The molecule has 0 amide bonds. The van der Waals surface area contributed by atoms with E-state index in [1.54, 1.807) is 0 Å². The topological polar surface area (TPSA) is 17.1 Å². The summed E-state index contributed by atoms with van der Waals surface area (Å²) in [5.41, 5.74) is -5.47. The Morgan fingerprint density at radius 1 is 1.32 bits per heavy atom. The van der Waals surface area contributed by atoms with Crippen molar-refractivity contribution in [3.05, 3.63) is 29.3 Å². The quantitative estimate of drug-likeness (QED) is 0.317. The first-order valence-corrected chi connectivity index (χ1v) is 6.71. The standard InChI is InChI=1S/C11H8BrF5OS/c1-5(12)9(18)6-2-3-7(10(13)14)8(4-6)19-11(15,16)17/h2-5,10H,1H3. The van der Waals surface area contributed by atoms with Crippen molar-refractivity contribution in [3.63, 3.8) is 0 Å². The fraction of sp³-hybridized carbons (Fsp3) is 0.364. The fourth-order valence-corrected chi connectivity index (χ4v) is 2.29. The van der Waals surface area contributed by atoms with Crippen LogP contribution in [-0.4, -0.2) is 16.1 Å². The second-order valence-electron chi connectivity index (χ2n) is 3.58. The number of hydrogen-bond acceptors (Lipinski definition) is 2. The maximum absolute atomic E-state index is 12.6. The summed E-state index contributed by atoms with van der Waals surface area (Å²) in [5, 5.41) is 0. The molecule has 0 heterocycles. The van der Waals surface area contributed by atoms with Gasteiger partial charge in [0.2, 0.25) is 0 Å². The molecule has 8 heteroatoms. The van der Waals surface area contributed by atoms with Gasteiger partial charge in [0, 0.05) is 16.0 Å². The molecule has 106 valence electrons. The molecule has 0 aliphatic rings. The molecular formula is C11H8BrF5OS. The summed E-state index contributed by atoms with van der Waals surface area (Å²) in [6.45, 7) is 1.50. The number of thioether (sulfide) groups is 1. The van der Waals surface area contributed by atoms with Gasteiger partial charge in [-0.2, -0.15) is 13.2 Å². The Morgan fingerprint density at radius 3 is 2.32 bits per heavy atom. The van der Waals surface area contributed by atoms with Crippen molar-refractivity contribution in [2.24, 2.45) is 0 Å². The minimum atomic E-state index is -4.69. The summed E-state index contributed by atoms with van der Waals surface area (Å²) in [6, 6.07) is 2.79. The van der Waals surface area contributed by atoms with E-state index in [4.69, 9.17) is 0 Å². The van der Waals surface area contributed by atoms with E-state index >= 15 is 0 Å². The molecule has 0 saturated carbocycles. The summed E-state index contributed by atoms with van der Waals surface area (Å²) in [6.07, 6.45) is -3.03. The van der Waals surface area contributed by atoms with Crippen molar-refractivity contribution in [2.45, 2.75) is 28.6 Å². The lowest BCUT2D eigenvalue weighted by atomic mass is 10.1. The van der Waals surface area contributed by atoms with Crippen molar-refractivity contribution in [1.82, 2.24) is 0 Å². The third-order valence-electron chi connectivity index (χ3n) is 2.12. The Bertz CT molecular complexity index is 473. The number of Topliss-reactive ketones (excluding diaryl/α,β-unsaturated/α-hetero) is 1. The van der Waals surface area contributed by atoms with Crippen LogP contribution in [0.25, 0.3) is 0 Å².